The van der Waals surface area contributed by atoms with E-state index in [9.17, 15) is 9.59 Å². The molecule has 2 amide bonds. The number of amides is 2. The summed E-state index contributed by atoms with van der Waals surface area (Å²) in [6, 6.07) is 5.86. The van der Waals surface area contributed by atoms with Crippen LogP contribution < -0.4 is 10.6 Å². The largest absolute Gasteiger partial charge is 0.324 e. The minimum absolute atomic E-state index is 0.100. The fourth-order valence-corrected chi connectivity index (χ4v) is 4.50. The lowest BCUT2D eigenvalue weighted by atomic mass is 9.92. The Morgan fingerprint density at radius 3 is 2.67 bits per heavy atom. The van der Waals surface area contributed by atoms with Crippen LogP contribution in [-0.2, 0) is 11.8 Å². The molecule has 0 saturated carbocycles. The number of likely N-dealkylation sites (tertiary alicyclic amines) is 1. The van der Waals surface area contributed by atoms with Crippen molar-refractivity contribution in [1.82, 2.24) is 34.5 Å². The lowest BCUT2D eigenvalue weighted by Gasteiger charge is -2.43. The molecule has 0 aliphatic carbocycles. The topological polar surface area (TPSA) is 122 Å². The molecular formula is C25H29N9O2. The second-order valence-corrected chi connectivity index (χ2v) is 9.52. The molecule has 11 heteroatoms. The van der Waals surface area contributed by atoms with Gasteiger partial charge in [-0.25, -0.2) is 4.52 Å². The molecule has 1 fully saturated rings. The smallest absolute Gasteiger partial charge is 0.278 e. The number of rotatable bonds is 7. The Labute approximate surface area is 208 Å². The summed E-state index contributed by atoms with van der Waals surface area (Å²) in [6.45, 7) is 7.41. The van der Waals surface area contributed by atoms with Gasteiger partial charge >= 0.3 is 0 Å². The van der Waals surface area contributed by atoms with Crippen LogP contribution in [0.25, 0.3) is 16.6 Å². The highest BCUT2D eigenvalue weighted by Crippen LogP contribution is 2.25. The van der Waals surface area contributed by atoms with E-state index in [-0.39, 0.29) is 11.6 Å². The molecular weight excluding hydrogens is 458 g/mol. The van der Waals surface area contributed by atoms with Crippen molar-refractivity contribution in [2.75, 3.05) is 23.7 Å². The summed E-state index contributed by atoms with van der Waals surface area (Å²) in [5, 5.41) is 18.1. The van der Waals surface area contributed by atoms with Gasteiger partial charge in [0.25, 0.3) is 5.91 Å². The molecule has 1 aliphatic rings. The van der Waals surface area contributed by atoms with E-state index < -0.39 is 5.91 Å². The number of aryl methyl sites for hydroxylation is 2. The highest BCUT2D eigenvalue weighted by Gasteiger charge is 2.31. The summed E-state index contributed by atoms with van der Waals surface area (Å²) in [5.74, 6) is 0.00901. The highest BCUT2D eigenvalue weighted by atomic mass is 16.2. The fraction of sp³-hybridized carbons (Fsp3) is 0.360. The molecule has 2 N–H and O–H groups in total. The van der Waals surface area contributed by atoms with Gasteiger partial charge in [-0.2, -0.15) is 5.10 Å². The van der Waals surface area contributed by atoms with Gasteiger partial charge in [0.15, 0.2) is 5.69 Å². The van der Waals surface area contributed by atoms with Crippen LogP contribution in [0.5, 0.6) is 0 Å². The van der Waals surface area contributed by atoms with Gasteiger partial charge < -0.3 is 10.6 Å². The van der Waals surface area contributed by atoms with E-state index >= 15 is 0 Å². The normalized spacial score (nSPS) is 15.8. The Morgan fingerprint density at radius 2 is 1.97 bits per heavy atom. The number of carbonyl (C=O) groups excluding carboxylic acids is 2. The van der Waals surface area contributed by atoms with E-state index in [2.05, 4.69) is 49.8 Å². The third-order valence-corrected chi connectivity index (χ3v) is 6.58. The van der Waals surface area contributed by atoms with Crippen molar-refractivity contribution >= 4 is 28.7 Å². The number of hydrogen-bond acceptors (Lipinski definition) is 7. The Balaban J connectivity index is 1.28. The molecule has 0 radical (unpaired) electrons. The first kappa shape index (κ1) is 23.6. The first-order valence-electron chi connectivity index (χ1n) is 11.9. The maximum Gasteiger partial charge on any atom is 0.278 e. The third-order valence-electron chi connectivity index (χ3n) is 6.58. The van der Waals surface area contributed by atoms with E-state index in [0.29, 0.717) is 41.1 Å². The van der Waals surface area contributed by atoms with Crippen LogP contribution >= 0.6 is 0 Å². The monoisotopic (exact) mass is 487 g/mol. The quantitative estimate of drug-likeness (QED) is 0.411. The first-order chi connectivity index (χ1) is 17.3. The average molecular weight is 488 g/mol. The van der Waals surface area contributed by atoms with Gasteiger partial charge in [0, 0.05) is 43.2 Å². The predicted octanol–water partition coefficient (Wildman–Crippen LogP) is 2.75. The molecule has 36 heavy (non-hydrogen) atoms. The second-order valence-electron chi connectivity index (χ2n) is 9.52. The first-order valence-corrected chi connectivity index (χ1v) is 11.9. The van der Waals surface area contributed by atoms with Gasteiger partial charge in [-0.1, -0.05) is 25.1 Å². The molecule has 0 spiro atoms. The Morgan fingerprint density at radius 1 is 1.14 bits per heavy atom. The van der Waals surface area contributed by atoms with E-state index in [4.69, 9.17) is 0 Å². The lowest BCUT2D eigenvalue weighted by Crippen LogP contribution is -2.53. The molecule has 186 valence electrons. The number of fused-ring (bicyclic) bond motifs is 1. The Hall–Kier alpha value is -4.12. The number of anilines is 2. The zero-order chi connectivity index (χ0) is 25.4. The van der Waals surface area contributed by atoms with Crippen LogP contribution in [0.15, 0.2) is 43.0 Å². The summed E-state index contributed by atoms with van der Waals surface area (Å²) >= 11 is 0. The van der Waals surface area contributed by atoms with Crippen LogP contribution in [0.2, 0.25) is 0 Å². The fourth-order valence-electron chi connectivity index (χ4n) is 4.50. The van der Waals surface area contributed by atoms with Crippen molar-refractivity contribution in [2.45, 2.75) is 33.2 Å². The van der Waals surface area contributed by atoms with Gasteiger partial charge in [0.2, 0.25) is 5.91 Å². The van der Waals surface area contributed by atoms with Gasteiger partial charge in [0.05, 0.1) is 41.5 Å². The summed E-state index contributed by atoms with van der Waals surface area (Å²) < 4.78 is 3.29. The van der Waals surface area contributed by atoms with Crippen molar-refractivity contribution < 1.29 is 9.59 Å². The molecule has 5 heterocycles. The zero-order valence-electron chi connectivity index (χ0n) is 20.8. The van der Waals surface area contributed by atoms with Gasteiger partial charge in [-0.3, -0.25) is 24.2 Å². The average Bonchev–Trinajstić information content (AvgIpc) is 3.44. The van der Waals surface area contributed by atoms with E-state index in [1.54, 1.807) is 46.8 Å². The number of nitrogens with one attached hydrogen (secondary N) is 2. The van der Waals surface area contributed by atoms with Gasteiger partial charge in [0.1, 0.15) is 0 Å². The minimum Gasteiger partial charge on any atom is -0.324 e. The van der Waals surface area contributed by atoms with Crippen molar-refractivity contribution in [3.05, 3.63) is 54.4 Å². The van der Waals surface area contributed by atoms with Gasteiger partial charge in [-0.15, -0.1) is 5.10 Å². The molecule has 1 atom stereocenters. The molecule has 1 aliphatic heterocycles. The Bertz CT molecular complexity index is 1440. The molecule has 4 aromatic rings. The highest BCUT2D eigenvalue weighted by molar-refractivity contribution is 6.08. The molecule has 0 bridgehead atoms. The molecule has 0 aromatic carbocycles. The van der Waals surface area contributed by atoms with Crippen molar-refractivity contribution in [3.63, 3.8) is 0 Å². The van der Waals surface area contributed by atoms with Crippen LogP contribution in [-0.4, -0.2) is 65.4 Å². The molecule has 11 nitrogen and oxygen atoms in total. The molecule has 5 rings (SSSR count). The number of aromatic nitrogens is 6. The molecule has 1 saturated heterocycles. The SMILES string of the molecule is Cc1ncc(NC(=O)CN2CCC2C(C)C)cc1NC(=O)c1nnn2cc(-c3cnn(C)c3)ccc12. The predicted molar refractivity (Wildman–Crippen MR) is 136 cm³/mol. The number of hydrogen-bond donors (Lipinski definition) is 2. The third kappa shape index (κ3) is 4.69. The molecule has 1 unspecified atom stereocenters. The van der Waals surface area contributed by atoms with Crippen LogP contribution in [0.3, 0.4) is 0 Å². The number of carbonyl (C=O) groups is 2. The standard InChI is InChI=1S/C25H29N9O2/c1-15(2)21-7-8-33(21)14-23(35)28-19-9-20(16(3)26-11-19)29-25(36)24-22-6-5-17(13-34(22)31-30-24)18-10-27-32(4)12-18/h5-6,9-13,15,21H,7-8,14H2,1-4H3,(H,28,35)(H,29,36). The van der Waals surface area contributed by atoms with Crippen molar-refractivity contribution in [2.24, 2.45) is 13.0 Å². The maximum atomic E-state index is 13.1. The van der Waals surface area contributed by atoms with Gasteiger partial charge in [-0.05, 0) is 31.4 Å². The van der Waals surface area contributed by atoms with E-state index in [1.165, 1.54) is 0 Å². The minimum atomic E-state index is -0.409. The van der Waals surface area contributed by atoms with Crippen molar-refractivity contribution in [1.29, 1.82) is 0 Å². The number of nitrogens with zero attached hydrogens (tertiary/aromatic N) is 7. The lowest BCUT2D eigenvalue weighted by molar-refractivity contribution is -0.119. The van der Waals surface area contributed by atoms with Crippen molar-refractivity contribution in [3.8, 4) is 11.1 Å². The Kier molecular flexibility index (Phi) is 6.23. The second kappa shape index (κ2) is 9.50. The summed E-state index contributed by atoms with van der Waals surface area (Å²) in [5.41, 5.74) is 4.26. The van der Waals surface area contributed by atoms with E-state index in [0.717, 1.165) is 24.1 Å². The van der Waals surface area contributed by atoms with Crippen LogP contribution in [0, 0.1) is 12.8 Å². The van der Waals surface area contributed by atoms with Crippen LogP contribution in [0.1, 0.15) is 36.5 Å². The maximum absolute atomic E-state index is 13.1. The van der Waals surface area contributed by atoms with E-state index in [1.807, 2.05) is 19.3 Å². The summed E-state index contributed by atoms with van der Waals surface area (Å²) in [7, 11) is 1.85. The summed E-state index contributed by atoms with van der Waals surface area (Å²) in [4.78, 5) is 32.2. The van der Waals surface area contributed by atoms with Crippen LogP contribution in [0.4, 0.5) is 11.4 Å². The zero-order valence-corrected chi connectivity index (χ0v) is 20.8. The summed E-state index contributed by atoms with van der Waals surface area (Å²) in [6.07, 6.45) is 8.18. The molecule has 4 aromatic heterocycles. The number of pyridine rings is 2.